The number of benzene rings is 1. The topological polar surface area (TPSA) is 70.0 Å². The second kappa shape index (κ2) is 5.52. The van der Waals surface area contributed by atoms with Gasteiger partial charge in [0.2, 0.25) is 0 Å². The molecule has 0 heterocycles. The Kier molecular flexibility index (Phi) is 4.32. The van der Waals surface area contributed by atoms with E-state index in [-0.39, 0.29) is 5.75 Å². The molecule has 1 aromatic carbocycles. The fraction of sp³-hybridized carbons (Fsp3) is 0.364. The second-order valence-corrected chi connectivity index (χ2v) is 5.83. The SMILES string of the molecule is CS(=O)(=O)CCCNc1ccccc1C#N. The molecule has 0 aliphatic carbocycles. The molecule has 0 aromatic heterocycles. The summed E-state index contributed by atoms with van der Waals surface area (Å²) in [7, 11) is -2.90. The lowest BCUT2D eigenvalue weighted by Crippen LogP contribution is -2.10. The predicted molar refractivity (Wildman–Crippen MR) is 64.0 cm³/mol. The van der Waals surface area contributed by atoms with Crippen LogP contribution in [0, 0.1) is 11.3 Å². The smallest absolute Gasteiger partial charge is 0.147 e. The molecule has 0 fully saturated rings. The van der Waals surface area contributed by atoms with Gasteiger partial charge >= 0.3 is 0 Å². The summed E-state index contributed by atoms with van der Waals surface area (Å²) >= 11 is 0. The minimum atomic E-state index is -2.90. The van der Waals surface area contributed by atoms with Crippen molar-refractivity contribution in [1.82, 2.24) is 0 Å². The van der Waals surface area contributed by atoms with Crippen LogP contribution in [0.4, 0.5) is 5.69 Å². The Hall–Kier alpha value is -1.54. The van der Waals surface area contributed by atoms with Gasteiger partial charge in [-0.15, -0.1) is 0 Å². The first-order valence-electron chi connectivity index (χ1n) is 4.93. The lowest BCUT2D eigenvalue weighted by atomic mass is 10.2. The van der Waals surface area contributed by atoms with Gasteiger partial charge in [0.25, 0.3) is 0 Å². The maximum Gasteiger partial charge on any atom is 0.147 e. The summed E-state index contributed by atoms with van der Waals surface area (Å²) in [6.07, 6.45) is 1.76. The lowest BCUT2D eigenvalue weighted by molar-refractivity contribution is 0.600. The highest BCUT2D eigenvalue weighted by atomic mass is 32.2. The van der Waals surface area contributed by atoms with Crippen molar-refractivity contribution in [2.45, 2.75) is 6.42 Å². The Morgan fingerprint density at radius 1 is 1.38 bits per heavy atom. The Bertz CT molecular complexity index is 489. The van der Waals surface area contributed by atoms with E-state index in [1.807, 2.05) is 6.07 Å². The minimum absolute atomic E-state index is 0.161. The summed E-state index contributed by atoms with van der Waals surface area (Å²) in [6.45, 7) is 0.547. The van der Waals surface area contributed by atoms with E-state index in [0.29, 0.717) is 18.5 Å². The molecule has 0 spiro atoms. The first-order valence-corrected chi connectivity index (χ1v) is 7.00. The monoisotopic (exact) mass is 238 g/mol. The highest BCUT2D eigenvalue weighted by Crippen LogP contribution is 2.13. The highest BCUT2D eigenvalue weighted by molar-refractivity contribution is 7.90. The van der Waals surface area contributed by atoms with Gasteiger partial charge in [-0.1, -0.05) is 12.1 Å². The van der Waals surface area contributed by atoms with Gasteiger partial charge in [-0.25, -0.2) is 8.42 Å². The van der Waals surface area contributed by atoms with Crippen LogP contribution in [0.5, 0.6) is 0 Å². The van der Waals surface area contributed by atoms with Crippen LogP contribution < -0.4 is 5.32 Å². The molecule has 86 valence electrons. The van der Waals surface area contributed by atoms with Crippen LogP contribution in [0.1, 0.15) is 12.0 Å². The molecule has 1 N–H and O–H groups in total. The molecule has 0 saturated heterocycles. The van der Waals surface area contributed by atoms with Crippen molar-refractivity contribution in [1.29, 1.82) is 5.26 Å². The molecule has 0 bridgehead atoms. The molecule has 0 saturated carbocycles. The largest absolute Gasteiger partial charge is 0.384 e. The number of hydrogen-bond acceptors (Lipinski definition) is 4. The van der Waals surface area contributed by atoms with E-state index >= 15 is 0 Å². The van der Waals surface area contributed by atoms with Gasteiger partial charge in [-0.2, -0.15) is 5.26 Å². The maximum atomic E-state index is 10.9. The van der Waals surface area contributed by atoms with E-state index in [4.69, 9.17) is 5.26 Å². The zero-order valence-corrected chi connectivity index (χ0v) is 9.92. The van der Waals surface area contributed by atoms with Gasteiger partial charge in [-0.05, 0) is 18.6 Å². The molecule has 16 heavy (non-hydrogen) atoms. The molecule has 0 aliphatic rings. The molecule has 0 unspecified atom stereocenters. The molecular weight excluding hydrogens is 224 g/mol. The molecule has 0 amide bonds. The van der Waals surface area contributed by atoms with E-state index in [1.165, 1.54) is 6.26 Å². The summed E-state index contributed by atoms with van der Waals surface area (Å²) in [4.78, 5) is 0. The number of anilines is 1. The van der Waals surface area contributed by atoms with E-state index in [2.05, 4.69) is 11.4 Å². The third-order valence-electron chi connectivity index (χ3n) is 2.05. The normalized spacial score (nSPS) is 10.8. The average Bonchev–Trinajstić information content (AvgIpc) is 2.23. The molecule has 5 heteroatoms. The Morgan fingerprint density at radius 3 is 2.69 bits per heavy atom. The van der Waals surface area contributed by atoms with Gasteiger partial charge in [0.15, 0.2) is 0 Å². The van der Waals surface area contributed by atoms with Gasteiger partial charge < -0.3 is 5.32 Å². The molecular formula is C11H14N2O2S. The van der Waals surface area contributed by atoms with Crippen LogP contribution in [0.15, 0.2) is 24.3 Å². The van der Waals surface area contributed by atoms with Crippen molar-refractivity contribution in [2.75, 3.05) is 23.9 Å². The zero-order chi connectivity index (χ0) is 12.0. The van der Waals surface area contributed by atoms with E-state index < -0.39 is 9.84 Å². The quantitative estimate of drug-likeness (QED) is 0.787. The number of nitriles is 1. The summed E-state index contributed by atoms with van der Waals surface area (Å²) < 4.78 is 21.8. The molecule has 0 atom stereocenters. The van der Waals surface area contributed by atoms with Crippen LogP contribution in [-0.4, -0.2) is 27.0 Å². The van der Waals surface area contributed by atoms with Gasteiger partial charge in [0.1, 0.15) is 15.9 Å². The van der Waals surface area contributed by atoms with E-state index in [0.717, 1.165) is 5.69 Å². The fourth-order valence-electron chi connectivity index (χ4n) is 1.29. The van der Waals surface area contributed by atoms with Crippen molar-refractivity contribution in [3.63, 3.8) is 0 Å². The van der Waals surface area contributed by atoms with Crippen molar-refractivity contribution < 1.29 is 8.42 Å². The Morgan fingerprint density at radius 2 is 2.06 bits per heavy atom. The predicted octanol–water partition coefficient (Wildman–Crippen LogP) is 1.40. The van der Waals surface area contributed by atoms with Crippen molar-refractivity contribution >= 4 is 15.5 Å². The van der Waals surface area contributed by atoms with Crippen LogP contribution in [-0.2, 0) is 9.84 Å². The number of sulfone groups is 1. The first-order chi connectivity index (χ1) is 7.53. The summed E-state index contributed by atoms with van der Waals surface area (Å²) in [5.74, 6) is 0.161. The molecule has 1 rings (SSSR count). The van der Waals surface area contributed by atoms with Crippen molar-refractivity contribution in [2.24, 2.45) is 0 Å². The van der Waals surface area contributed by atoms with E-state index in [1.54, 1.807) is 18.2 Å². The minimum Gasteiger partial charge on any atom is -0.384 e. The third kappa shape index (κ3) is 4.32. The number of nitrogens with one attached hydrogen (secondary N) is 1. The zero-order valence-electron chi connectivity index (χ0n) is 9.10. The second-order valence-electron chi connectivity index (χ2n) is 3.57. The average molecular weight is 238 g/mol. The van der Waals surface area contributed by atoms with Gasteiger partial charge in [0.05, 0.1) is 17.0 Å². The van der Waals surface area contributed by atoms with Crippen molar-refractivity contribution in [3.8, 4) is 6.07 Å². The Balaban J connectivity index is 2.47. The number of rotatable bonds is 5. The summed E-state index contributed by atoms with van der Waals surface area (Å²) in [6, 6.07) is 9.22. The lowest BCUT2D eigenvalue weighted by Gasteiger charge is -2.06. The maximum absolute atomic E-state index is 10.9. The highest BCUT2D eigenvalue weighted by Gasteiger charge is 2.02. The van der Waals surface area contributed by atoms with Gasteiger partial charge in [0, 0.05) is 12.8 Å². The first kappa shape index (κ1) is 12.5. The van der Waals surface area contributed by atoms with Crippen molar-refractivity contribution in [3.05, 3.63) is 29.8 Å². The van der Waals surface area contributed by atoms with Crippen LogP contribution >= 0.6 is 0 Å². The number of hydrogen-bond donors (Lipinski definition) is 1. The molecule has 0 radical (unpaired) electrons. The fourth-order valence-corrected chi connectivity index (χ4v) is 1.96. The van der Waals surface area contributed by atoms with E-state index in [9.17, 15) is 8.42 Å². The van der Waals surface area contributed by atoms with Crippen LogP contribution in [0.2, 0.25) is 0 Å². The summed E-state index contributed by atoms with van der Waals surface area (Å²) in [5.41, 5.74) is 1.32. The molecule has 4 nitrogen and oxygen atoms in total. The molecule has 0 aliphatic heterocycles. The number of para-hydroxylation sites is 1. The summed E-state index contributed by atoms with van der Waals surface area (Å²) in [5, 5.41) is 11.9. The number of nitrogens with zero attached hydrogens (tertiary/aromatic N) is 1. The van der Waals surface area contributed by atoms with Crippen LogP contribution in [0.25, 0.3) is 0 Å². The van der Waals surface area contributed by atoms with Crippen LogP contribution in [0.3, 0.4) is 0 Å². The van der Waals surface area contributed by atoms with Gasteiger partial charge in [-0.3, -0.25) is 0 Å². The molecule has 1 aromatic rings. The third-order valence-corrected chi connectivity index (χ3v) is 3.09. The Labute approximate surface area is 95.8 Å². The standard InChI is InChI=1S/C11H14N2O2S/c1-16(14,15)8-4-7-13-11-6-3-2-5-10(11)9-12/h2-3,5-6,13H,4,7-8H2,1H3.